The molecule has 0 aliphatic heterocycles. The first kappa shape index (κ1) is 14.8. The van der Waals surface area contributed by atoms with Gasteiger partial charge >= 0.3 is 12.1 Å². The topological polar surface area (TPSA) is 26.3 Å². The van der Waals surface area contributed by atoms with Crippen molar-refractivity contribution >= 4 is 28.0 Å². The molecule has 0 amide bonds. The number of benzene rings is 1. The van der Waals surface area contributed by atoms with Gasteiger partial charge in [0.05, 0.1) is 5.57 Å². The molecule has 18 heavy (non-hydrogen) atoms. The van der Waals surface area contributed by atoms with Crippen LogP contribution < -0.4 is 0 Å². The number of ether oxygens (including phenoxy) is 1. The molecule has 98 valence electrons. The molecule has 1 rings (SSSR count). The van der Waals surface area contributed by atoms with Crippen LogP contribution in [0.4, 0.5) is 13.2 Å². The first-order chi connectivity index (χ1) is 8.29. The lowest BCUT2D eigenvalue weighted by Crippen LogP contribution is -2.18. The summed E-state index contributed by atoms with van der Waals surface area (Å²) in [4.78, 5) is 10.5. The Bertz CT molecular complexity index is 449. The zero-order valence-corrected chi connectivity index (χ0v) is 11.0. The van der Waals surface area contributed by atoms with E-state index in [1.165, 1.54) is 12.1 Å². The van der Waals surface area contributed by atoms with Gasteiger partial charge in [-0.3, -0.25) is 4.79 Å². The van der Waals surface area contributed by atoms with Gasteiger partial charge in [-0.1, -0.05) is 28.1 Å². The van der Waals surface area contributed by atoms with Gasteiger partial charge in [-0.25, -0.2) is 0 Å². The molecule has 0 fully saturated rings. The highest BCUT2D eigenvalue weighted by Gasteiger charge is 2.34. The Morgan fingerprint density at radius 3 is 2.33 bits per heavy atom. The second-order valence-corrected chi connectivity index (χ2v) is 4.41. The first-order valence-corrected chi connectivity index (χ1v) is 5.75. The summed E-state index contributed by atoms with van der Waals surface area (Å²) in [6.45, 7) is 0.280. The molecular formula is C12H10BrF3O2. The highest BCUT2D eigenvalue weighted by molar-refractivity contribution is 9.10. The summed E-state index contributed by atoms with van der Waals surface area (Å²) in [7, 11) is 0. The fraction of sp³-hybridized carbons (Fsp3) is 0.250. The lowest BCUT2D eigenvalue weighted by atomic mass is 10.1. The quantitative estimate of drug-likeness (QED) is 0.787. The maximum absolute atomic E-state index is 12.7. The smallest absolute Gasteiger partial charge is 0.415 e. The third-order valence-electron chi connectivity index (χ3n) is 2.01. The maximum atomic E-state index is 12.7. The average Bonchev–Trinajstić information content (AvgIpc) is 2.24. The van der Waals surface area contributed by atoms with Gasteiger partial charge in [-0.15, -0.1) is 0 Å². The van der Waals surface area contributed by atoms with Crippen LogP contribution in [0.15, 0.2) is 34.3 Å². The molecule has 0 radical (unpaired) electrons. The SMILES string of the molecule is CC(=O)OC/C(=C\c1ccc(Br)cc1)C(F)(F)F. The van der Waals surface area contributed by atoms with E-state index >= 15 is 0 Å². The zero-order chi connectivity index (χ0) is 13.8. The summed E-state index contributed by atoms with van der Waals surface area (Å²) in [6.07, 6.45) is -3.57. The Labute approximate surface area is 111 Å². The molecular weight excluding hydrogens is 313 g/mol. The van der Waals surface area contributed by atoms with E-state index in [0.717, 1.165) is 17.5 Å². The molecule has 2 nitrogen and oxygen atoms in total. The van der Waals surface area contributed by atoms with E-state index < -0.39 is 24.3 Å². The fourth-order valence-corrected chi connectivity index (χ4v) is 1.41. The Balaban J connectivity index is 2.95. The van der Waals surface area contributed by atoms with Crippen molar-refractivity contribution in [1.82, 2.24) is 0 Å². The van der Waals surface area contributed by atoms with Crippen LogP contribution in [0.3, 0.4) is 0 Å². The molecule has 0 aliphatic carbocycles. The van der Waals surface area contributed by atoms with E-state index in [-0.39, 0.29) is 0 Å². The van der Waals surface area contributed by atoms with E-state index in [1.54, 1.807) is 12.1 Å². The molecule has 0 aromatic heterocycles. The lowest BCUT2D eigenvalue weighted by molar-refractivity contribution is -0.143. The fourth-order valence-electron chi connectivity index (χ4n) is 1.14. The van der Waals surface area contributed by atoms with Crippen LogP contribution in [-0.4, -0.2) is 18.8 Å². The first-order valence-electron chi connectivity index (χ1n) is 4.96. The molecule has 0 heterocycles. The van der Waals surface area contributed by atoms with Gasteiger partial charge in [0, 0.05) is 11.4 Å². The van der Waals surface area contributed by atoms with Gasteiger partial charge in [-0.2, -0.15) is 13.2 Å². The Morgan fingerprint density at radius 2 is 1.89 bits per heavy atom. The predicted molar refractivity (Wildman–Crippen MR) is 64.8 cm³/mol. The minimum absolute atomic E-state index is 0.387. The highest BCUT2D eigenvalue weighted by atomic mass is 79.9. The lowest BCUT2D eigenvalue weighted by Gasteiger charge is -2.11. The van der Waals surface area contributed by atoms with Gasteiger partial charge in [0.1, 0.15) is 6.61 Å². The summed E-state index contributed by atoms with van der Waals surface area (Å²) in [6, 6.07) is 6.32. The molecule has 0 saturated heterocycles. The van der Waals surface area contributed by atoms with Crippen LogP contribution in [0, 0.1) is 0 Å². The number of esters is 1. The van der Waals surface area contributed by atoms with Crippen molar-refractivity contribution in [3.8, 4) is 0 Å². The van der Waals surface area contributed by atoms with Gasteiger partial charge in [-0.05, 0) is 23.8 Å². The zero-order valence-electron chi connectivity index (χ0n) is 9.42. The van der Waals surface area contributed by atoms with Gasteiger partial charge < -0.3 is 4.74 Å². The number of hydrogen-bond donors (Lipinski definition) is 0. The largest absolute Gasteiger partial charge is 0.461 e. The van der Waals surface area contributed by atoms with E-state index in [0.29, 0.717) is 5.56 Å². The molecule has 0 spiro atoms. The van der Waals surface area contributed by atoms with Crippen LogP contribution in [0.5, 0.6) is 0 Å². The van der Waals surface area contributed by atoms with Crippen molar-refractivity contribution in [3.05, 3.63) is 39.9 Å². The molecule has 0 bridgehead atoms. The second-order valence-electron chi connectivity index (χ2n) is 3.50. The van der Waals surface area contributed by atoms with Crippen LogP contribution in [0.1, 0.15) is 12.5 Å². The Hall–Kier alpha value is -1.30. The van der Waals surface area contributed by atoms with Crippen LogP contribution in [-0.2, 0) is 9.53 Å². The van der Waals surface area contributed by atoms with E-state index in [2.05, 4.69) is 20.7 Å². The van der Waals surface area contributed by atoms with E-state index in [1.807, 2.05) is 0 Å². The maximum Gasteiger partial charge on any atom is 0.415 e. The third kappa shape index (κ3) is 4.91. The number of carbonyl (C=O) groups excluding carboxylic acids is 1. The summed E-state index contributed by atoms with van der Waals surface area (Å²) in [5.41, 5.74) is -0.516. The number of alkyl halides is 3. The van der Waals surface area contributed by atoms with E-state index in [9.17, 15) is 18.0 Å². The molecule has 0 aliphatic rings. The van der Waals surface area contributed by atoms with Gasteiger partial charge in [0.2, 0.25) is 0 Å². The van der Waals surface area contributed by atoms with Crippen molar-refractivity contribution in [2.75, 3.05) is 6.61 Å². The molecule has 0 saturated carbocycles. The predicted octanol–water partition coefficient (Wildman–Crippen LogP) is 3.96. The van der Waals surface area contributed by atoms with Crippen molar-refractivity contribution < 1.29 is 22.7 Å². The van der Waals surface area contributed by atoms with Crippen LogP contribution in [0.25, 0.3) is 6.08 Å². The van der Waals surface area contributed by atoms with Crippen molar-refractivity contribution in [1.29, 1.82) is 0 Å². The van der Waals surface area contributed by atoms with E-state index in [4.69, 9.17) is 0 Å². The Kier molecular flexibility index (Phi) is 4.95. The monoisotopic (exact) mass is 322 g/mol. The van der Waals surface area contributed by atoms with Crippen molar-refractivity contribution in [2.45, 2.75) is 13.1 Å². The van der Waals surface area contributed by atoms with Crippen molar-refractivity contribution in [3.63, 3.8) is 0 Å². The Morgan fingerprint density at radius 1 is 1.33 bits per heavy atom. The summed E-state index contributed by atoms with van der Waals surface area (Å²) >= 11 is 3.19. The van der Waals surface area contributed by atoms with Crippen LogP contribution in [0.2, 0.25) is 0 Å². The summed E-state index contributed by atoms with van der Waals surface area (Å²) < 4.78 is 43.2. The van der Waals surface area contributed by atoms with Gasteiger partial charge in [0.15, 0.2) is 0 Å². The normalized spacial score (nSPS) is 12.4. The number of halogens is 4. The molecule has 0 unspecified atom stereocenters. The highest BCUT2D eigenvalue weighted by Crippen LogP contribution is 2.28. The number of carbonyl (C=O) groups is 1. The third-order valence-corrected chi connectivity index (χ3v) is 2.53. The molecule has 0 atom stereocenters. The van der Waals surface area contributed by atoms with Crippen molar-refractivity contribution in [2.24, 2.45) is 0 Å². The molecule has 0 N–H and O–H groups in total. The summed E-state index contributed by atoms with van der Waals surface area (Å²) in [5.74, 6) is -0.749. The van der Waals surface area contributed by atoms with Gasteiger partial charge in [0.25, 0.3) is 0 Å². The minimum Gasteiger partial charge on any atom is -0.461 e. The number of rotatable bonds is 3. The van der Waals surface area contributed by atoms with Crippen LogP contribution >= 0.6 is 15.9 Å². The molecule has 1 aromatic carbocycles. The number of hydrogen-bond acceptors (Lipinski definition) is 2. The minimum atomic E-state index is -4.53. The molecule has 1 aromatic rings. The average molecular weight is 323 g/mol. The second kappa shape index (κ2) is 6.04. The standard InChI is InChI=1S/C12H10BrF3O2/c1-8(17)18-7-10(12(14,15)16)6-9-2-4-11(13)5-3-9/h2-6H,7H2,1H3/b10-6+. The molecule has 6 heteroatoms. The summed E-state index contributed by atoms with van der Waals surface area (Å²) in [5, 5.41) is 0.